The second kappa shape index (κ2) is 11.7. The molecule has 0 heterocycles. The minimum absolute atomic E-state index is 0. The van der Waals surface area contributed by atoms with E-state index in [0.717, 1.165) is 32.3 Å². The molecule has 0 aromatic heterocycles. The Morgan fingerprint density at radius 3 is 2.55 bits per heavy atom. The van der Waals surface area contributed by atoms with Crippen molar-refractivity contribution in [3.63, 3.8) is 0 Å². The summed E-state index contributed by atoms with van der Waals surface area (Å²) in [5.74, 6) is 0. The molecule has 1 radical (unpaired) electrons. The summed E-state index contributed by atoms with van der Waals surface area (Å²) in [6, 6.07) is 0. The Bertz CT molecular complexity index is 452. The zero-order valence-corrected chi connectivity index (χ0v) is 16.8. The van der Waals surface area contributed by atoms with E-state index < -0.39 is 0 Å². The van der Waals surface area contributed by atoms with Gasteiger partial charge in [-0.05, 0) is 38.7 Å². The van der Waals surface area contributed by atoms with Crippen LogP contribution in [0.15, 0.2) is 41.0 Å². The maximum Gasteiger partial charge on any atom is 3.00 e. The Kier molecular flexibility index (Phi) is 13.0. The van der Waals surface area contributed by atoms with E-state index in [1.54, 1.807) is 0 Å². The molecule has 4 heteroatoms. The molecule has 121 valence electrons. The van der Waals surface area contributed by atoms with Gasteiger partial charge < -0.3 is 29.6 Å². The fourth-order valence-corrected chi connectivity index (χ4v) is 2.75. The molecular weight excluding hydrogens is 351 g/mol. The molecule has 1 unspecified atom stereocenters. The molecule has 0 aromatic carbocycles. The fourth-order valence-electron chi connectivity index (χ4n) is 2.75. The van der Waals surface area contributed by atoms with Crippen molar-refractivity contribution < 1.29 is 51.3 Å². The average Bonchev–Trinajstić information content (AvgIpc) is 2.87. The minimum Gasteiger partial charge on any atom is -1.00 e. The first kappa shape index (κ1) is 24.5. The molecule has 2 aliphatic carbocycles. The van der Waals surface area contributed by atoms with Crippen molar-refractivity contribution in [3.8, 4) is 0 Å². The molecule has 0 saturated carbocycles. The van der Waals surface area contributed by atoms with Crippen LogP contribution in [-0.4, -0.2) is 12.2 Å². The Hall–Kier alpha value is 0.214. The van der Waals surface area contributed by atoms with E-state index in [0.29, 0.717) is 0 Å². The van der Waals surface area contributed by atoms with Gasteiger partial charge in [0.15, 0.2) is 0 Å². The minimum atomic E-state index is -0.133. The Balaban J connectivity index is 0. The van der Waals surface area contributed by atoms with Gasteiger partial charge in [0.1, 0.15) is 0 Å². The standard InChI is InChI=1S/C18H25O.2ClH.Ti/c1-4-5-12-19-18(14-17-8-6-7-9-17)11-10-15(2)13-16(18)3;;;/h6,8,10,13H,4-5,7,11-12,14H2,1-3H3;2*1H;/q-1;;;+3/p-2. The van der Waals surface area contributed by atoms with Crippen molar-refractivity contribution in [2.24, 2.45) is 0 Å². The molecule has 1 nitrogen and oxygen atoms in total. The summed E-state index contributed by atoms with van der Waals surface area (Å²) in [5, 5.41) is 0. The number of unbranched alkanes of at least 4 members (excludes halogenated alkanes) is 1. The van der Waals surface area contributed by atoms with Crippen LogP contribution in [0.1, 0.15) is 52.9 Å². The number of hydrogen-bond donors (Lipinski definition) is 0. The normalized spacial score (nSPS) is 22.6. The molecule has 1 atom stereocenters. The van der Waals surface area contributed by atoms with Crippen LogP contribution < -0.4 is 24.8 Å². The number of allylic oxidation sites excluding steroid dienone is 5. The van der Waals surface area contributed by atoms with E-state index >= 15 is 0 Å². The van der Waals surface area contributed by atoms with Gasteiger partial charge >= 0.3 is 21.7 Å². The van der Waals surface area contributed by atoms with Gasteiger partial charge in [-0.2, -0.15) is 6.08 Å². The number of halogens is 2. The van der Waals surface area contributed by atoms with Crippen molar-refractivity contribution in [3.05, 3.63) is 47.1 Å². The molecule has 22 heavy (non-hydrogen) atoms. The first-order chi connectivity index (χ1) is 9.16. The second-order valence-electron chi connectivity index (χ2n) is 5.66. The molecule has 0 saturated heterocycles. The van der Waals surface area contributed by atoms with Gasteiger partial charge in [0.2, 0.25) is 0 Å². The van der Waals surface area contributed by atoms with E-state index in [9.17, 15) is 0 Å². The van der Waals surface area contributed by atoms with Crippen LogP contribution in [0.25, 0.3) is 0 Å². The summed E-state index contributed by atoms with van der Waals surface area (Å²) in [6.45, 7) is 7.44. The second-order valence-corrected chi connectivity index (χ2v) is 5.66. The van der Waals surface area contributed by atoms with E-state index in [4.69, 9.17) is 4.74 Å². The third-order valence-electron chi connectivity index (χ3n) is 4.03. The van der Waals surface area contributed by atoms with Crippen LogP contribution in [0.5, 0.6) is 0 Å². The first-order valence-electron chi connectivity index (χ1n) is 7.42. The van der Waals surface area contributed by atoms with Crippen LogP contribution in [-0.2, 0) is 26.5 Å². The van der Waals surface area contributed by atoms with E-state index in [1.165, 1.54) is 23.1 Å². The van der Waals surface area contributed by atoms with Gasteiger partial charge in [-0.3, -0.25) is 6.08 Å². The molecule has 0 N–H and O–H groups in total. The average molecular weight is 376 g/mol. The summed E-state index contributed by atoms with van der Waals surface area (Å²) in [6.07, 6.45) is 17.6. The summed E-state index contributed by atoms with van der Waals surface area (Å²) in [4.78, 5) is 0. The van der Waals surface area contributed by atoms with E-state index in [2.05, 4.69) is 51.2 Å². The molecule has 0 aliphatic heterocycles. The molecular formula is C18H25Cl2OTi. The monoisotopic (exact) mass is 375 g/mol. The number of hydrogen-bond acceptors (Lipinski definition) is 1. The fraction of sp³-hybridized carbons (Fsp3) is 0.556. The maximum absolute atomic E-state index is 6.33. The van der Waals surface area contributed by atoms with Gasteiger partial charge in [0, 0.05) is 6.61 Å². The number of rotatable bonds is 6. The Morgan fingerprint density at radius 2 is 2.00 bits per heavy atom. The van der Waals surface area contributed by atoms with Gasteiger partial charge in [-0.15, -0.1) is 6.42 Å². The molecule has 0 aromatic rings. The smallest absolute Gasteiger partial charge is 1.00 e. The van der Waals surface area contributed by atoms with Crippen molar-refractivity contribution in [2.45, 2.75) is 58.5 Å². The van der Waals surface area contributed by atoms with Gasteiger partial charge in [-0.1, -0.05) is 31.1 Å². The quantitative estimate of drug-likeness (QED) is 0.326. The first-order valence-corrected chi connectivity index (χ1v) is 7.42. The van der Waals surface area contributed by atoms with E-state index in [-0.39, 0.29) is 52.1 Å². The SMILES string of the molecule is CCCCOC1(CC2=[C-]CC=C2)CC=C(C)C=C1C.[Cl-].[Cl-].[Ti+3]. The third kappa shape index (κ3) is 6.38. The summed E-state index contributed by atoms with van der Waals surface area (Å²) in [7, 11) is 0. The number of ether oxygens (including phenoxy) is 1. The predicted molar refractivity (Wildman–Crippen MR) is 80.9 cm³/mol. The Morgan fingerprint density at radius 1 is 1.27 bits per heavy atom. The molecule has 0 bridgehead atoms. The van der Waals surface area contributed by atoms with Crippen molar-refractivity contribution in [1.29, 1.82) is 0 Å². The predicted octanol–water partition coefficient (Wildman–Crippen LogP) is -1.08. The van der Waals surface area contributed by atoms with Crippen LogP contribution in [0, 0.1) is 6.08 Å². The van der Waals surface area contributed by atoms with Gasteiger partial charge in [0.05, 0.1) is 5.60 Å². The largest absolute Gasteiger partial charge is 3.00 e. The van der Waals surface area contributed by atoms with Crippen molar-refractivity contribution in [1.82, 2.24) is 0 Å². The Labute approximate surface area is 163 Å². The topological polar surface area (TPSA) is 9.23 Å². The van der Waals surface area contributed by atoms with Crippen LogP contribution in [0.4, 0.5) is 0 Å². The molecule has 2 aliphatic rings. The van der Waals surface area contributed by atoms with E-state index in [1.807, 2.05) is 0 Å². The molecule has 2 rings (SSSR count). The van der Waals surface area contributed by atoms with Gasteiger partial charge in [-0.25, -0.2) is 11.6 Å². The zero-order valence-electron chi connectivity index (χ0n) is 13.7. The van der Waals surface area contributed by atoms with Crippen LogP contribution in [0.3, 0.4) is 0 Å². The van der Waals surface area contributed by atoms with Crippen LogP contribution >= 0.6 is 0 Å². The zero-order chi connectivity index (χ0) is 13.7. The van der Waals surface area contributed by atoms with Crippen LogP contribution in [0.2, 0.25) is 0 Å². The van der Waals surface area contributed by atoms with Gasteiger partial charge in [0.25, 0.3) is 0 Å². The molecule has 0 fully saturated rings. The maximum atomic E-state index is 6.33. The van der Waals surface area contributed by atoms with Crippen molar-refractivity contribution >= 4 is 0 Å². The van der Waals surface area contributed by atoms with Crippen molar-refractivity contribution in [2.75, 3.05) is 6.61 Å². The molecule has 0 spiro atoms. The molecule has 0 amide bonds. The summed E-state index contributed by atoms with van der Waals surface area (Å²) in [5.41, 5.74) is 3.88. The third-order valence-corrected chi connectivity index (χ3v) is 4.03. The summed E-state index contributed by atoms with van der Waals surface area (Å²) >= 11 is 0. The summed E-state index contributed by atoms with van der Waals surface area (Å²) < 4.78 is 6.33.